The molecular formula is C17H26N2O2. The highest BCUT2D eigenvalue weighted by molar-refractivity contribution is 5.82. The summed E-state index contributed by atoms with van der Waals surface area (Å²) in [7, 11) is 3.82. The van der Waals surface area contributed by atoms with Crippen molar-refractivity contribution in [1.82, 2.24) is 10.2 Å². The molecule has 0 bridgehead atoms. The number of methoxy groups -OCH3 is 1. The maximum atomic E-state index is 6.06. The predicted octanol–water partition coefficient (Wildman–Crippen LogP) is 3.01. The van der Waals surface area contributed by atoms with E-state index in [4.69, 9.17) is 9.15 Å². The summed E-state index contributed by atoms with van der Waals surface area (Å²) in [4.78, 5) is 2.22. The predicted molar refractivity (Wildman–Crippen MR) is 86.4 cm³/mol. The first-order chi connectivity index (χ1) is 10.1. The van der Waals surface area contributed by atoms with Gasteiger partial charge in [0.15, 0.2) is 0 Å². The molecule has 0 aliphatic heterocycles. The Morgan fingerprint density at radius 3 is 2.76 bits per heavy atom. The fraction of sp³-hybridized carbons (Fsp3) is 0.529. The van der Waals surface area contributed by atoms with E-state index in [1.807, 2.05) is 12.1 Å². The van der Waals surface area contributed by atoms with Crippen LogP contribution >= 0.6 is 0 Å². The van der Waals surface area contributed by atoms with Crippen LogP contribution in [0, 0.1) is 0 Å². The van der Waals surface area contributed by atoms with Gasteiger partial charge in [-0.3, -0.25) is 4.90 Å². The number of benzene rings is 1. The van der Waals surface area contributed by atoms with E-state index in [2.05, 4.69) is 43.2 Å². The molecule has 1 aromatic carbocycles. The van der Waals surface area contributed by atoms with Gasteiger partial charge in [0, 0.05) is 37.2 Å². The van der Waals surface area contributed by atoms with Crippen LogP contribution in [0.2, 0.25) is 0 Å². The van der Waals surface area contributed by atoms with Gasteiger partial charge >= 0.3 is 0 Å². The molecule has 0 fully saturated rings. The van der Waals surface area contributed by atoms with Gasteiger partial charge in [-0.2, -0.15) is 0 Å². The second kappa shape index (κ2) is 7.59. The Morgan fingerprint density at radius 1 is 1.29 bits per heavy atom. The number of likely N-dealkylation sites (N-methyl/N-ethyl adjacent to an activating group) is 1. The molecule has 2 aromatic rings. The zero-order valence-corrected chi connectivity index (χ0v) is 13.5. The highest BCUT2D eigenvalue weighted by Gasteiger charge is 2.15. The third-order valence-corrected chi connectivity index (χ3v) is 3.56. The largest absolute Gasteiger partial charge is 0.459 e. The third kappa shape index (κ3) is 4.30. The SMILES string of the molecule is COCCN(C)Cc1oc2ccccc2c1CNC(C)C. The van der Waals surface area contributed by atoms with Gasteiger partial charge < -0.3 is 14.5 Å². The Hall–Kier alpha value is -1.36. The minimum Gasteiger partial charge on any atom is -0.459 e. The molecule has 0 spiro atoms. The minimum absolute atomic E-state index is 0.456. The van der Waals surface area contributed by atoms with E-state index < -0.39 is 0 Å². The number of rotatable bonds is 8. The molecule has 4 heteroatoms. The molecule has 0 radical (unpaired) electrons. The summed E-state index contributed by atoms with van der Waals surface area (Å²) in [6.45, 7) is 7.58. The topological polar surface area (TPSA) is 37.6 Å². The number of nitrogens with one attached hydrogen (secondary N) is 1. The van der Waals surface area contributed by atoms with Crippen molar-refractivity contribution >= 4 is 11.0 Å². The summed E-state index contributed by atoms with van der Waals surface area (Å²) in [5.41, 5.74) is 2.23. The van der Waals surface area contributed by atoms with E-state index in [0.29, 0.717) is 6.04 Å². The van der Waals surface area contributed by atoms with Crippen LogP contribution in [0.15, 0.2) is 28.7 Å². The van der Waals surface area contributed by atoms with Crippen molar-refractivity contribution in [2.24, 2.45) is 0 Å². The van der Waals surface area contributed by atoms with Gasteiger partial charge in [0.25, 0.3) is 0 Å². The molecule has 1 N–H and O–H groups in total. The van der Waals surface area contributed by atoms with Crippen LogP contribution in [0.5, 0.6) is 0 Å². The number of hydrogen-bond acceptors (Lipinski definition) is 4. The first-order valence-electron chi connectivity index (χ1n) is 7.52. The lowest BCUT2D eigenvalue weighted by atomic mass is 10.1. The summed E-state index contributed by atoms with van der Waals surface area (Å²) in [5, 5.41) is 4.70. The molecule has 0 aliphatic rings. The van der Waals surface area contributed by atoms with Gasteiger partial charge in [0.1, 0.15) is 11.3 Å². The first kappa shape index (κ1) is 16.0. The Bertz CT molecular complexity index is 563. The number of para-hydroxylation sites is 1. The summed E-state index contributed by atoms with van der Waals surface area (Å²) < 4.78 is 11.2. The van der Waals surface area contributed by atoms with E-state index in [1.165, 1.54) is 10.9 Å². The van der Waals surface area contributed by atoms with Crippen LogP contribution in [-0.2, 0) is 17.8 Å². The fourth-order valence-electron chi connectivity index (χ4n) is 2.35. The van der Waals surface area contributed by atoms with Crippen LogP contribution in [0.25, 0.3) is 11.0 Å². The zero-order chi connectivity index (χ0) is 15.2. The van der Waals surface area contributed by atoms with Gasteiger partial charge in [0.2, 0.25) is 0 Å². The molecule has 21 heavy (non-hydrogen) atoms. The Balaban J connectivity index is 2.21. The van der Waals surface area contributed by atoms with Crippen molar-refractivity contribution in [3.63, 3.8) is 0 Å². The zero-order valence-electron chi connectivity index (χ0n) is 13.5. The number of hydrogen-bond donors (Lipinski definition) is 1. The Morgan fingerprint density at radius 2 is 2.05 bits per heavy atom. The molecule has 0 unspecified atom stereocenters. The highest BCUT2D eigenvalue weighted by atomic mass is 16.5. The number of ether oxygens (including phenoxy) is 1. The Labute approximate surface area is 127 Å². The normalized spacial score (nSPS) is 11.9. The third-order valence-electron chi connectivity index (χ3n) is 3.56. The number of furan rings is 1. The van der Waals surface area contributed by atoms with Gasteiger partial charge in [0.05, 0.1) is 13.2 Å². The second-order valence-electron chi connectivity index (χ2n) is 5.77. The second-order valence-corrected chi connectivity index (χ2v) is 5.77. The van der Waals surface area contributed by atoms with Crippen molar-refractivity contribution in [3.05, 3.63) is 35.6 Å². The lowest BCUT2D eigenvalue weighted by Gasteiger charge is -2.16. The molecule has 0 amide bonds. The molecule has 116 valence electrons. The molecule has 0 atom stereocenters. The maximum Gasteiger partial charge on any atom is 0.134 e. The number of fused-ring (bicyclic) bond motifs is 1. The average molecular weight is 290 g/mol. The van der Waals surface area contributed by atoms with Crippen molar-refractivity contribution < 1.29 is 9.15 Å². The van der Waals surface area contributed by atoms with E-state index in [1.54, 1.807) is 7.11 Å². The van der Waals surface area contributed by atoms with E-state index in [9.17, 15) is 0 Å². The Kier molecular flexibility index (Phi) is 5.79. The smallest absolute Gasteiger partial charge is 0.134 e. The molecule has 1 heterocycles. The molecule has 0 aliphatic carbocycles. The van der Waals surface area contributed by atoms with Gasteiger partial charge in [-0.15, -0.1) is 0 Å². The average Bonchev–Trinajstić information content (AvgIpc) is 2.80. The van der Waals surface area contributed by atoms with Crippen molar-refractivity contribution in [2.45, 2.75) is 33.0 Å². The molecule has 4 nitrogen and oxygen atoms in total. The van der Waals surface area contributed by atoms with Crippen LogP contribution < -0.4 is 5.32 Å². The quantitative estimate of drug-likeness (QED) is 0.811. The molecule has 0 saturated heterocycles. The van der Waals surface area contributed by atoms with Gasteiger partial charge in [-0.25, -0.2) is 0 Å². The van der Waals surface area contributed by atoms with Gasteiger partial charge in [-0.1, -0.05) is 32.0 Å². The lowest BCUT2D eigenvalue weighted by molar-refractivity contribution is 0.155. The van der Waals surface area contributed by atoms with E-state index >= 15 is 0 Å². The van der Waals surface area contributed by atoms with Crippen molar-refractivity contribution in [2.75, 3.05) is 27.3 Å². The molecule has 1 aromatic heterocycles. The first-order valence-corrected chi connectivity index (χ1v) is 7.52. The van der Waals surface area contributed by atoms with Gasteiger partial charge in [-0.05, 0) is 13.1 Å². The van der Waals surface area contributed by atoms with E-state index in [-0.39, 0.29) is 0 Å². The van der Waals surface area contributed by atoms with Crippen molar-refractivity contribution in [3.8, 4) is 0 Å². The highest BCUT2D eigenvalue weighted by Crippen LogP contribution is 2.26. The van der Waals surface area contributed by atoms with Crippen LogP contribution in [-0.4, -0.2) is 38.3 Å². The van der Waals surface area contributed by atoms with Crippen LogP contribution in [0.1, 0.15) is 25.2 Å². The summed E-state index contributed by atoms with van der Waals surface area (Å²) in [5.74, 6) is 1.04. The standard InChI is InChI=1S/C17H26N2O2/c1-13(2)18-11-15-14-7-5-6-8-16(14)21-17(15)12-19(3)9-10-20-4/h5-8,13,18H,9-12H2,1-4H3. The van der Waals surface area contributed by atoms with Crippen molar-refractivity contribution in [1.29, 1.82) is 0 Å². The van der Waals surface area contributed by atoms with Crippen LogP contribution in [0.3, 0.4) is 0 Å². The fourth-order valence-corrected chi connectivity index (χ4v) is 2.35. The van der Waals surface area contributed by atoms with Crippen LogP contribution in [0.4, 0.5) is 0 Å². The monoisotopic (exact) mass is 290 g/mol. The maximum absolute atomic E-state index is 6.06. The van der Waals surface area contributed by atoms with E-state index in [0.717, 1.165) is 37.6 Å². The molecule has 0 saturated carbocycles. The molecule has 2 rings (SSSR count). The lowest BCUT2D eigenvalue weighted by Crippen LogP contribution is -2.25. The molecular weight excluding hydrogens is 264 g/mol. The minimum atomic E-state index is 0.456. The summed E-state index contributed by atoms with van der Waals surface area (Å²) in [6.07, 6.45) is 0. The summed E-state index contributed by atoms with van der Waals surface area (Å²) >= 11 is 0. The summed E-state index contributed by atoms with van der Waals surface area (Å²) in [6, 6.07) is 8.71. The number of nitrogens with zero attached hydrogens (tertiary/aromatic N) is 1.